The smallest absolute Gasteiger partial charge is 0.0738 e. The highest BCUT2D eigenvalue weighted by Crippen LogP contribution is 2.36. The molecule has 1 aliphatic heterocycles. The zero-order valence-corrected chi connectivity index (χ0v) is 10.4. The van der Waals surface area contributed by atoms with Gasteiger partial charge in [-0.15, -0.1) is 0 Å². The van der Waals surface area contributed by atoms with E-state index in [2.05, 4.69) is 30.7 Å². The summed E-state index contributed by atoms with van der Waals surface area (Å²) in [6.45, 7) is 9.17. The summed E-state index contributed by atoms with van der Waals surface area (Å²) in [6.07, 6.45) is 4.81. The fourth-order valence-corrected chi connectivity index (χ4v) is 2.37. The average molecular weight is 219 g/mol. The molecule has 1 atom stereocenters. The summed E-state index contributed by atoms with van der Waals surface area (Å²) >= 11 is 0. The van der Waals surface area contributed by atoms with Crippen molar-refractivity contribution in [3.05, 3.63) is 18.5 Å². The molecule has 0 saturated carbocycles. The SMILES string of the molecule is CC(C)(C)C1CCN(c2ccncc2N)C1. The van der Waals surface area contributed by atoms with Crippen LogP contribution in [0.2, 0.25) is 0 Å². The molecular weight excluding hydrogens is 198 g/mol. The molecule has 3 heteroatoms. The van der Waals surface area contributed by atoms with Crippen LogP contribution in [-0.4, -0.2) is 18.1 Å². The van der Waals surface area contributed by atoms with Gasteiger partial charge in [-0.1, -0.05) is 20.8 Å². The molecule has 0 bridgehead atoms. The van der Waals surface area contributed by atoms with E-state index < -0.39 is 0 Å². The summed E-state index contributed by atoms with van der Waals surface area (Å²) in [5.41, 5.74) is 8.27. The number of nitrogens with zero attached hydrogens (tertiary/aromatic N) is 2. The van der Waals surface area contributed by atoms with Crippen molar-refractivity contribution in [1.29, 1.82) is 0 Å². The highest BCUT2D eigenvalue weighted by molar-refractivity contribution is 5.66. The fourth-order valence-electron chi connectivity index (χ4n) is 2.37. The van der Waals surface area contributed by atoms with Gasteiger partial charge >= 0.3 is 0 Å². The second kappa shape index (κ2) is 3.96. The quantitative estimate of drug-likeness (QED) is 0.789. The van der Waals surface area contributed by atoms with Crippen LogP contribution < -0.4 is 10.6 Å². The van der Waals surface area contributed by atoms with Crippen molar-refractivity contribution in [3.63, 3.8) is 0 Å². The number of hydrogen-bond acceptors (Lipinski definition) is 3. The first-order valence-electron chi connectivity index (χ1n) is 5.93. The van der Waals surface area contributed by atoms with Gasteiger partial charge in [0.1, 0.15) is 0 Å². The molecule has 0 spiro atoms. The van der Waals surface area contributed by atoms with Crippen LogP contribution >= 0.6 is 0 Å². The van der Waals surface area contributed by atoms with Crippen LogP contribution in [0.4, 0.5) is 11.4 Å². The molecule has 0 aromatic carbocycles. The van der Waals surface area contributed by atoms with E-state index in [1.807, 2.05) is 12.3 Å². The van der Waals surface area contributed by atoms with E-state index >= 15 is 0 Å². The number of anilines is 2. The molecule has 2 heterocycles. The van der Waals surface area contributed by atoms with Gasteiger partial charge < -0.3 is 10.6 Å². The molecule has 1 unspecified atom stereocenters. The van der Waals surface area contributed by atoms with Crippen molar-refractivity contribution in [3.8, 4) is 0 Å². The Balaban J connectivity index is 2.13. The minimum absolute atomic E-state index is 0.385. The predicted octanol–water partition coefficient (Wildman–Crippen LogP) is 2.54. The molecule has 1 aromatic rings. The van der Waals surface area contributed by atoms with Gasteiger partial charge in [-0.25, -0.2) is 0 Å². The third kappa shape index (κ3) is 2.13. The third-order valence-corrected chi connectivity index (χ3v) is 3.58. The minimum atomic E-state index is 0.385. The fraction of sp³-hybridized carbons (Fsp3) is 0.615. The molecule has 3 nitrogen and oxygen atoms in total. The van der Waals surface area contributed by atoms with Gasteiger partial charge in [-0.2, -0.15) is 0 Å². The Morgan fingerprint density at radius 3 is 2.75 bits per heavy atom. The molecule has 2 N–H and O–H groups in total. The Labute approximate surface area is 97.7 Å². The zero-order valence-electron chi connectivity index (χ0n) is 10.4. The lowest BCUT2D eigenvalue weighted by Crippen LogP contribution is -2.26. The van der Waals surface area contributed by atoms with Crippen LogP contribution in [0.5, 0.6) is 0 Å². The topological polar surface area (TPSA) is 42.2 Å². The number of rotatable bonds is 1. The summed E-state index contributed by atoms with van der Waals surface area (Å²) < 4.78 is 0. The van der Waals surface area contributed by atoms with E-state index in [1.165, 1.54) is 6.42 Å². The Hall–Kier alpha value is -1.25. The second-order valence-corrected chi connectivity index (χ2v) is 5.73. The van der Waals surface area contributed by atoms with Crippen LogP contribution in [0.3, 0.4) is 0 Å². The summed E-state index contributed by atoms with van der Waals surface area (Å²) in [5, 5.41) is 0. The van der Waals surface area contributed by atoms with E-state index in [-0.39, 0.29) is 0 Å². The van der Waals surface area contributed by atoms with E-state index in [4.69, 9.17) is 5.73 Å². The Bertz CT molecular complexity index is 368. The number of nitrogens with two attached hydrogens (primary N) is 1. The lowest BCUT2D eigenvalue weighted by atomic mass is 9.80. The maximum Gasteiger partial charge on any atom is 0.0738 e. The highest BCUT2D eigenvalue weighted by atomic mass is 15.2. The largest absolute Gasteiger partial charge is 0.396 e. The van der Waals surface area contributed by atoms with Crippen molar-refractivity contribution < 1.29 is 0 Å². The van der Waals surface area contributed by atoms with Gasteiger partial charge in [-0.05, 0) is 23.8 Å². The standard InChI is InChI=1S/C13H21N3/c1-13(2,3)10-5-7-16(9-10)12-4-6-15-8-11(12)14/h4,6,8,10H,5,7,9,14H2,1-3H3. The maximum atomic E-state index is 5.95. The van der Waals surface area contributed by atoms with Crippen LogP contribution in [0.1, 0.15) is 27.2 Å². The van der Waals surface area contributed by atoms with Crippen molar-refractivity contribution in [1.82, 2.24) is 4.98 Å². The number of nitrogen functional groups attached to an aromatic ring is 1. The Kier molecular flexibility index (Phi) is 2.78. The molecule has 1 fully saturated rings. The van der Waals surface area contributed by atoms with E-state index in [1.54, 1.807) is 6.20 Å². The molecule has 0 amide bonds. The molecule has 0 radical (unpaired) electrons. The molecule has 88 valence electrons. The molecular formula is C13H21N3. The second-order valence-electron chi connectivity index (χ2n) is 5.73. The number of aromatic nitrogens is 1. The van der Waals surface area contributed by atoms with Gasteiger partial charge in [0, 0.05) is 19.3 Å². The van der Waals surface area contributed by atoms with Gasteiger partial charge in [0.05, 0.1) is 17.6 Å². The van der Waals surface area contributed by atoms with Crippen LogP contribution in [0, 0.1) is 11.3 Å². The summed E-state index contributed by atoms with van der Waals surface area (Å²) in [4.78, 5) is 6.41. The molecule has 1 aliphatic rings. The molecule has 1 saturated heterocycles. The van der Waals surface area contributed by atoms with Crippen LogP contribution in [-0.2, 0) is 0 Å². The minimum Gasteiger partial charge on any atom is -0.396 e. The number of pyridine rings is 1. The first kappa shape index (κ1) is 11.2. The highest BCUT2D eigenvalue weighted by Gasteiger charge is 2.32. The molecule has 2 rings (SSSR count). The summed E-state index contributed by atoms with van der Waals surface area (Å²) in [6, 6.07) is 2.01. The van der Waals surface area contributed by atoms with Gasteiger partial charge in [0.25, 0.3) is 0 Å². The van der Waals surface area contributed by atoms with Crippen molar-refractivity contribution in [2.24, 2.45) is 11.3 Å². The Morgan fingerprint density at radius 2 is 2.19 bits per heavy atom. The molecule has 0 aliphatic carbocycles. The van der Waals surface area contributed by atoms with Crippen LogP contribution in [0.15, 0.2) is 18.5 Å². The van der Waals surface area contributed by atoms with Crippen LogP contribution in [0.25, 0.3) is 0 Å². The summed E-state index contributed by atoms with van der Waals surface area (Å²) in [5.74, 6) is 0.750. The van der Waals surface area contributed by atoms with Gasteiger partial charge in [-0.3, -0.25) is 4.98 Å². The predicted molar refractivity (Wildman–Crippen MR) is 68.4 cm³/mol. The van der Waals surface area contributed by atoms with Gasteiger partial charge in [0.15, 0.2) is 0 Å². The summed E-state index contributed by atoms with van der Waals surface area (Å²) in [7, 11) is 0. The van der Waals surface area contributed by atoms with E-state index in [0.29, 0.717) is 5.41 Å². The average Bonchev–Trinajstić information content (AvgIpc) is 2.66. The van der Waals surface area contributed by atoms with Crippen molar-refractivity contribution >= 4 is 11.4 Å². The maximum absolute atomic E-state index is 5.95. The lowest BCUT2D eigenvalue weighted by molar-refractivity contribution is 0.263. The van der Waals surface area contributed by atoms with Crippen molar-refractivity contribution in [2.75, 3.05) is 23.7 Å². The Morgan fingerprint density at radius 1 is 1.44 bits per heavy atom. The first-order chi connectivity index (χ1) is 7.48. The van der Waals surface area contributed by atoms with Gasteiger partial charge in [0.2, 0.25) is 0 Å². The molecule has 16 heavy (non-hydrogen) atoms. The normalized spacial score (nSPS) is 21.4. The third-order valence-electron chi connectivity index (χ3n) is 3.58. The monoisotopic (exact) mass is 219 g/mol. The number of hydrogen-bond donors (Lipinski definition) is 1. The van der Waals surface area contributed by atoms with E-state index in [0.717, 1.165) is 30.4 Å². The molecule has 1 aromatic heterocycles. The lowest BCUT2D eigenvalue weighted by Gasteiger charge is -2.27. The first-order valence-corrected chi connectivity index (χ1v) is 5.93. The zero-order chi connectivity index (χ0) is 11.8. The van der Waals surface area contributed by atoms with Crippen molar-refractivity contribution in [2.45, 2.75) is 27.2 Å². The van der Waals surface area contributed by atoms with E-state index in [9.17, 15) is 0 Å².